The molecule has 1 aliphatic rings. The van der Waals surface area contributed by atoms with E-state index in [0.717, 1.165) is 11.1 Å². The minimum absolute atomic E-state index is 0.298. The van der Waals surface area contributed by atoms with Gasteiger partial charge in [0.05, 0.1) is 23.1 Å². The van der Waals surface area contributed by atoms with Crippen LogP contribution in [0.4, 0.5) is 36.6 Å². The number of nitrogens with zero attached hydrogens (tertiary/aromatic N) is 3. The van der Waals surface area contributed by atoms with Gasteiger partial charge in [0, 0.05) is 29.8 Å². The summed E-state index contributed by atoms with van der Waals surface area (Å²) >= 11 is 0.503. The van der Waals surface area contributed by atoms with Crippen LogP contribution >= 0.6 is 11.3 Å². The van der Waals surface area contributed by atoms with Gasteiger partial charge in [0.1, 0.15) is 18.1 Å². The van der Waals surface area contributed by atoms with Gasteiger partial charge in [0.15, 0.2) is 5.01 Å². The highest BCUT2D eigenvalue weighted by Gasteiger charge is 2.46. The summed E-state index contributed by atoms with van der Waals surface area (Å²) in [7, 11) is 0. The summed E-state index contributed by atoms with van der Waals surface area (Å²) in [5, 5.41) is 14.1. The molecule has 0 radical (unpaired) electrons. The third-order valence-electron chi connectivity index (χ3n) is 6.11. The molecule has 0 saturated carbocycles. The van der Waals surface area contributed by atoms with Crippen LogP contribution in [-0.2, 0) is 0 Å². The Hall–Kier alpha value is -3.01. The Morgan fingerprint density at radius 2 is 1.85 bits per heavy atom. The van der Waals surface area contributed by atoms with Crippen molar-refractivity contribution >= 4 is 29.0 Å². The van der Waals surface area contributed by atoms with E-state index in [1.54, 1.807) is 0 Å². The lowest BCUT2D eigenvalue weighted by Gasteiger charge is -2.26. The first-order valence-electron chi connectivity index (χ1n) is 12.6. The zero-order valence-corrected chi connectivity index (χ0v) is 24.0. The molecule has 1 fully saturated rings. The number of anilines is 1. The van der Waals surface area contributed by atoms with Crippen LogP contribution in [0.2, 0.25) is 0 Å². The van der Waals surface area contributed by atoms with Crippen molar-refractivity contribution in [2.24, 2.45) is 0 Å². The molecule has 8 nitrogen and oxygen atoms in total. The number of alkyl halides is 7. The third-order valence-corrected chi connectivity index (χ3v) is 7.19. The second-order valence-electron chi connectivity index (χ2n) is 9.81. The van der Waals surface area contributed by atoms with E-state index in [4.69, 9.17) is 0 Å². The van der Waals surface area contributed by atoms with Crippen molar-refractivity contribution in [3.05, 3.63) is 28.5 Å². The number of pyridine rings is 1. The van der Waals surface area contributed by atoms with Crippen LogP contribution < -0.4 is 10.6 Å². The van der Waals surface area contributed by atoms with Crippen LogP contribution in [0.25, 0.3) is 10.4 Å². The number of rotatable bonds is 8. The van der Waals surface area contributed by atoms with E-state index in [1.165, 1.54) is 27.7 Å². The number of amides is 2. The Morgan fingerprint density at radius 1 is 1.24 bits per heavy atom. The van der Waals surface area contributed by atoms with Gasteiger partial charge in [-0.2, -0.15) is 13.2 Å². The standard InChI is InChI=1S/C23H26F7N5O3S.C2H6/c1-10-6-22(26,27)9-35(10)20(37)15-16(39-19(34-15)18(36)33-11(2)21(3,4)38)13-7-31-14(5-12(13)17(24)25)32-8-23(28,29)30;1-2/h5,7,10-11,17,38H,6,8-9H2,1-4H3,(H,31,32)(H,33,36);1-2H3. The predicted octanol–water partition coefficient (Wildman–Crippen LogP) is 5.90. The van der Waals surface area contributed by atoms with Gasteiger partial charge in [0.25, 0.3) is 24.2 Å². The molecule has 3 rings (SSSR count). The maximum absolute atomic E-state index is 14.0. The van der Waals surface area contributed by atoms with E-state index in [-0.39, 0.29) is 9.88 Å². The zero-order chi connectivity index (χ0) is 31.5. The Kier molecular flexibility index (Phi) is 10.7. The maximum atomic E-state index is 14.0. The Labute approximate surface area is 236 Å². The molecule has 3 heterocycles. The van der Waals surface area contributed by atoms with Crippen molar-refractivity contribution in [2.75, 3.05) is 18.4 Å². The summed E-state index contributed by atoms with van der Waals surface area (Å²) in [6.45, 7) is 7.20. The summed E-state index contributed by atoms with van der Waals surface area (Å²) < 4.78 is 93.8. The number of likely N-dealkylation sites (tertiary alicyclic amines) is 1. The van der Waals surface area contributed by atoms with Crippen LogP contribution in [0.1, 0.15) is 80.2 Å². The number of aliphatic hydroxyl groups is 1. The summed E-state index contributed by atoms with van der Waals surface area (Å²) in [5.74, 6) is -5.63. The summed E-state index contributed by atoms with van der Waals surface area (Å²) in [6.07, 6.45) is -7.74. The highest BCUT2D eigenvalue weighted by atomic mass is 32.1. The molecule has 2 aromatic rings. The number of nitrogens with one attached hydrogen (secondary N) is 2. The average molecular weight is 616 g/mol. The van der Waals surface area contributed by atoms with Crippen molar-refractivity contribution in [3.8, 4) is 10.4 Å². The molecule has 2 aromatic heterocycles. The van der Waals surface area contributed by atoms with Crippen LogP contribution in [0.3, 0.4) is 0 Å². The molecule has 0 bridgehead atoms. The number of hydrogen-bond donors (Lipinski definition) is 3. The normalized spacial score (nSPS) is 17.6. The van der Waals surface area contributed by atoms with Gasteiger partial charge in [-0.1, -0.05) is 13.8 Å². The molecule has 3 N–H and O–H groups in total. The minimum atomic E-state index is -4.65. The lowest BCUT2D eigenvalue weighted by atomic mass is 10.0. The van der Waals surface area contributed by atoms with Crippen LogP contribution in [0, 0.1) is 0 Å². The molecule has 1 aliphatic heterocycles. The number of aromatic nitrogens is 2. The summed E-state index contributed by atoms with van der Waals surface area (Å²) in [4.78, 5) is 34.4. The van der Waals surface area contributed by atoms with Gasteiger partial charge in [0.2, 0.25) is 0 Å². The maximum Gasteiger partial charge on any atom is 0.405 e. The molecule has 16 heteroatoms. The van der Waals surface area contributed by atoms with Gasteiger partial charge in [-0.05, 0) is 33.8 Å². The number of hydrogen-bond acceptors (Lipinski definition) is 7. The van der Waals surface area contributed by atoms with Gasteiger partial charge >= 0.3 is 6.18 Å². The minimum Gasteiger partial charge on any atom is -0.388 e. The van der Waals surface area contributed by atoms with Gasteiger partial charge in [-0.25, -0.2) is 27.5 Å². The van der Waals surface area contributed by atoms with Crippen molar-refractivity contribution < 1.29 is 45.4 Å². The molecule has 230 valence electrons. The monoisotopic (exact) mass is 615 g/mol. The topological polar surface area (TPSA) is 107 Å². The molecular formula is C25H32F7N5O3S. The lowest BCUT2D eigenvalue weighted by Crippen LogP contribution is -2.47. The van der Waals surface area contributed by atoms with Gasteiger partial charge in [-0.3, -0.25) is 9.59 Å². The average Bonchev–Trinajstić information content (AvgIpc) is 3.42. The molecule has 0 aromatic carbocycles. The van der Waals surface area contributed by atoms with Crippen LogP contribution in [0.15, 0.2) is 12.3 Å². The second kappa shape index (κ2) is 12.9. The highest BCUT2D eigenvalue weighted by Crippen LogP contribution is 2.40. The van der Waals surface area contributed by atoms with Gasteiger partial charge in [-0.15, -0.1) is 11.3 Å². The summed E-state index contributed by atoms with van der Waals surface area (Å²) in [5.41, 5.74) is -3.15. The summed E-state index contributed by atoms with van der Waals surface area (Å²) in [6, 6.07) is -1.08. The first-order valence-corrected chi connectivity index (χ1v) is 13.4. The van der Waals surface area contributed by atoms with E-state index >= 15 is 0 Å². The number of carbonyl (C=O) groups is 2. The SMILES string of the molecule is CC.CC1CC(F)(F)CN1C(=O)c1nc(C(=O)NC(C)C(C)(C)O)sc1-c1cnc(NCC(F)(F)F)cc1C(F)F. The molecule has 0 aliphatic carbocycles. The fourth-order valence-corrected chi connectivity index (χ4v) is 4.72. The number of carbonyl (C=O) groups excluding carboxylic acids is 2. The Bertz CT molecular complexity index is 1230. The third kappa shape index (κ3) is 8.74. The Morgan fingerprint density at radius 3 is 2.34 bits per heavy atom. The molecule has 41 heavy (non-hydrogen) atoms. The Balaban J connectivity index is 0.00000287. The second-order valence-corrected chi connectivity index (χ2v) is 10.8. The zero-order valence-electron chi connectivity index (χ0n) is 23.2. The lowest BCUT2D eigenvalue weighted by molar-refractivity contribution is -0.115. The first kappa shape index (κ1) is 34.2. The highest BCUT2D eigenvalue weighted by molar-refractivity contribution is 7.17. The fraction of sp³-hybridized carbons (Fsp3) is 0.600. The van der Waals surface area contributed by atoms with Crippen LogP contribution in [0.5, 0.6) is 0 Å². The number of halogens is 7. The largest absolute Gasteiger partial charge is 0.405 e. The molecule has 1 saturated heterocycles. The first-order chi connectivity index (χ1) is 18.8. The van der Waals surface area contributed by atoms with Crippen molar-refractivity contribution in [1.29, 1.82) is 0 Å². The molecule has 2 atom stereocenters. The van der Waals surface area contributed by atoms with E-state index < -0.39 is 90.2 Å². The quantitative estimate of drug-likeness (QED) is 0.319. The molecule has 2 unspecified atom stereocenters. The van der Waals surface area contributed by atoms with Crippen molar-refractivity contribution in [2.45, 2.75) is 84.2 Å². The number of thiazole rings is 1. The van der Waals surface area contributed by atoms with Crippen molar-refractivity contribution in [1.82, 2.24) is 20.2 Å². The van der Waals surface area contributed by atoms with E-state index in [9.17, 15) is 45.4 Å². The van der Waals surface area contributed by atoms with Gasteiger partial charge < -0.3 is 20.6 Å². The van der Waals surface area contributed by atoms with E-state index in [0.29, 0.717) is 17.4 Å². The van der Waals surface area contributed by atoms with Crippen molar-refractivity contribution in [3.63, 3.8) is 0 Å². The molecule has 0 spiro atoms. The predicted molar refractivity (Wildman–Crippen MR) is 139 cm³/mol. The van der Waals surface area contributed by atoms with Crippen LogP contribution in [-0.4, -0.2) is 74.7 Å². The molecule has 2 amide bonds. The fourth-order valence-electron chi connectivity index (χ4n) is 3.73. The van der Waals surface area contributed by atoms with E-state index in [2.05, 4.69) is 15.3 Å². The van der Waals surface area contributed by atoms with E-state index in [1.807, 2.05) is 19.2 Å². The molecular weight excluding hydrogens is 583 g/mol. The smallest absolute Gasteiger partial charge is 0.388 e.